The predicted octanol–water partition coefficient (Wildman–Crippen LogP) is 2.58. The van der Waals surface area contributed by atoms with E-state index in [4.69, 9.17) is 0 Å². The molecule has 1 nitrogen and oxygen atoms in total. The van der Waals surface area contributed by atoms with Gasteiger partial charge in [0.15, 0.2) is 0 Å². The molecule has 11 heavy (non-hydrogen) atoms. The highest BCUT2D eigenvalue weighted by Crippen LogP contribution is 2.33. The third kappa shape index (κ3) is 2.19. The second-order valence-corrected chi connectivity index (χ2v) is 3.95. The lowest BCUT2D eigenvalue weighted by atomic mass is 9.76. The van der Waals surface area contributed by atoms with Gasteiger partial charge in [-0.25, -0.2) is 0 Å². The molecule has 0 amide bonds. The Morgan fingerprint density at radius 2 is 2.09 bits per heavy atom. The molecule has 1 heteroatoms. The van der Waals surface area contributed by atoms with Gasteiger partial charge in [-0.3, -0.25) is 0 Å². The van der Waals surface area contributed by atoms with Gasteiger partial charge in [0, 0.05) is 0 Å². The molecule has 1 aliphatic rings. The summed E-state index contributed by atoms with van der Waals surface area (Å²) in [7, 11) is 0. The summed E-state index contributed by atoms with van der Waals surface area (Å²) in [5.74, 6) is 1.15. The topological polar surface area (TPSA) is 20.2 Å². The van der Waals surface area contributed by atoms with E-state index in [-0.39, 0.29) is 6.10 Å². The van der Waals surface area contributed by atoms with Crippen LogP contribution in [0.2, 0.25) is 0 Å². The van der Waals surface area contributed by atoms with Gasteiger partial charge in [-0.2, -0.15) is 0 Å². The minimum Gasteiger partial charge on any atom is -0.393 e. The molecule has 0 heterocycles. The monoisotopic (exact) mass is 156 g/mol. The minimum absolute atomic E-state index is 0.0105. The number of aliphatic hydroxyl groups is 1. The first kappa shape index (κ1) is 9.05. The van der Waals surface area contributed by atoms with Gasteiger partial charge in [0.05, 0.1) is 6.10 Å². The summed E-state index contributed by atoms with van der Waals surface area (Å²) < 4.78 is 0. The first-order valence-corrected chi connectivity index (χ1v) is 4.93. The molecule has 1 fully saturated rings. The van der Waals surface area contributed by atoms with Crippen molar-refractivity contribution in [3.8, 4) is 0 Å². The van der Waals surface area contributed by atoms with Crippen molar-refractivity contribution in [2.75, 3.05) is 0 Å². The Balaban J connectivity index is 2.21. The maximum Gasteiger partial charge on any atom is 0.0593 e. The van der Waals surface area contributed by atoms with Crippen LogP contribution in [0.1, 0.15) is 46.0 Å². The molecule has 0 aromatic carbocycles. The molecule has 1 rings (SSSR count). The van der Waals surface area contributed by atoms with Gasteiger partial charge in [0.2, 0.25) is 0 Å². The molecule has 0 spiro atoms. The zero-order chi connectivity index (χ0) is 8.27. The second kappa shape index (κ2) is 4.10. The van der Waals surface area contributed by atoms with E-state index in [0.717, 1.165) is 0 Å². The van der Waals surface area contributed by atoms with Crippen molar-refractivity contribution < 1.29 is 5.11 Å². The van der Waals surface area contributed by atoms with Crippen molar-refractivity contribution in [3.63, 3.8) is 0 Å². The van der Waals surface area contributed by atoms with Gasteiger partial charge < -0.3 is 5.11 Å². The van der Waals surface area contributed by atoms with Crippen LogP contribution in [0.25, 0.3) is 0 Å². The Hall–Kier alpha value is -0.0400. The molecular weight excluding hydrogens is 136 g/mol. The number of aliphatic hydroxyl groups excluding tert-OH is 1. The zero-order valence-corrected chi connectivity index (χ0v) is 7.71. The van der Waals surface area contributed by atoms with E-state index in [9.17, 15) is 5.11 Å². The van der Waals surface area contributed by atoms with Crippen LogP contribution in [0.5, 0.6) is 0 Å². The fraction of sp³-hybridized carbons (Fsp3) is 1.00. The fourth-order valence-electron chi connectivity index (χ4n) is 1.87. The van der Waals surface area contributed by atoms with Gasteiger partial charge in [-0.1, -0.05) is 26.7 Å². The van der Waals surface area contributed by atoms with E-state index in [0.29, 0.717) is 11.8 Å². The molecular formula is C10H20O. The van der Waals surface area contributed by atoms with Gasteiger partial charge in [-0.05, 0) is 31.1 Å². The Morgan fingerprint density at radius 3 is 2.45 bits per heavy atom. The van der Waals surface area contributed by atoms with Gasteiger partial charge >= 0.3 is 0 Å². The predicted molar refractivity (Wildman–Crippen MR) is 47.4 cm³/mol. The van der Waals surface area contributed by atoms with Crippen LogP contribution in [-0.4, -0.2) is 11.2 Å². The van der Waals surface area contributed by atoms with Crippen molar-refractivity contribution in [2.24, 2.45) is 11.8 Å². The molecule has 0 saturated heterocycles. The first-order valence-electron chi connectivity index (χ1n) is 4.93. The summed E-state index contributed by atoms with van der Waals surface area (Å²) in [4.78, 5) is 0. The summed E-state index contributed by atoms with van der Waals surface area (Å²) in [6.07, 6.45) is 6.22. The summed E-state index contributed by atoms with van der Waals surface area (Å²) in [5, 5.41) is 9.77. The lowest BCUT2D eigenvalue weighted by molar-refractivity contribution is 0.0179. The Labute approximate surface area is 69.8 Å². The Morgan fingerprint density at radius 1 is 1.45 bits per heavy atom. The van der Waals surface area contributed by atoms with E-state index < -0.39 is 0 Å². The Bertz CT molecular complexity index is 107. The second-order valence-electron chi connectivity index (χ2n) is 3.95. The minimum atomic E-state index is -0.0105. The molecule has 0 bridgehead atoms. The third-order valence-corrected chi connectivity index (χ3v) is 2.96. The van der Waals surface area contributed by atoms with Crippen molar-refractivity contribution >= 4 is 0 Å². The average molecular weight is 156 g/mol. The molecule has 0 radical (unpaired) electrons. The Kier molecular flexibility index (Phi) is 3.38. The molecule has 1 aliphatic carbocycles. The van der Waals surface area contributed by atoms with Gasteiger partial charge in [0.25, 0.3) is 0 Å². The van der Waals surface area contributed by atoms with E-state index in [1.54, 1.807) is 0 Å². The van der Waals surface area contributed by atoms with E-state index in [1.807, 2.05) is 0 Å². The summed E-state index contributed by atoms with van der Waals surface area (Å²) in [6.45, 7) is 4.36. The number of hydrogen-bond acceptors (Lipinski definition) is 1. The van der Waals surface area contributed by atoms with Crippen molar-refractivity contribution in [3.05, 3.63) is 0 Å². The van der Waals surface area contributed by atoms with Crippen LogP contribution in [0.4, 0.5) is 0 Å². The molecule has 0 aromatic rings. The summed E-state index contributed by atoms with van der Waals surface area (Å²) in [6, 6.07) is 0. The molecule has 0 aliphatic heterocycles. The molecule has 0 aromatic heterocycles. The lowest BCUT2D eigenvalue weighted by Crippen LogP contribution is -2.32. The highest BCUT2D eigenvalue weighted by atomic mass is 16.3. The lowest BCUT2D eigenvalue weighted by Gasteiger charge is -2.33. The van der Waals surface area contributed by atoms with Gasteiger partial charge in [0.1, 0.15) is 0 Å². The number of hydrogen-bond donors (Lipinski definition) is 1. The van der Waals surface area contributed by atoms with E-state index >= 15 is 0 Å². The molecule has 2 atom stereocenters. The molecule has 1 N–H and O–H groups in total. The maximum atomic E-state index is 9.77. The summed E-state index contributed by atoms with van der Waals surface area (Å²) >= 11 is 0. The smallest absolute Gasteiger partial charge is 0.0593 e. The molecule has 1 saturated carbocycles. The number of rotatable bonds is 4. The first-order chi connectivity index (χ1) is 5.25. The third-order valence-electron chi connectivity index (χ3n) is 2.96. The van der Waals surface area contributed by atoms with Gasteiger partial charge in [-0.15, -0.1) is 0 Å². The van der Waals surface area contributed by atoms with E-state index in [1.165, 1.54) is 32.1 Å². The normalized spacial score (nSPS) is 24.3. The maximum absolute atomic E-state index is 9.77. The van der Waals surface area contributed by atoms with E-state index in [2.05, 4.69) is 13.8 Å². The highest BCUT2D eigenvalue weighted by Gasteiger charge is 2.28. The standard InChI is InChI=1S/C10H20O/c1-3-5-8(2)10(11)9-6-4-7-9/h8-11H,3-7H2,1-2H3. The van der Waals surface area contributed by atoms with Crippen LogP contribution in [0.15, 0.2) is 0 Å². The molecule has 2 unspecified atom stereocenters. The average Bonchev–Trinajstić information content (AvgIpc) is 1.84. The van der Waals surface area contributed by atoms with Crippen molar-refractivity contribution in [1.82, 2.24) is 0 Å². The van der Waals surface area contributed by atoms with Crippen LogP contribution in [-0.2, 0) is 0 Å². The van der Waals surface area contributed by atoms with Crippen LogP contribution >= 0.6 is 0 Å². The highest BCUT2D eigenvalue weighted by molar-refractivity contribution is 4.79. The van der Waals surface area contributed by atoms with Crippen molar-refractivity contribution in [1.29, 1.82) is 0 Å². The quantitative estimate of drug-likeness (QED) is 0.663. The van der Waals surface area contributed by atoms with Crippen LogP contribution < -0.4 is 0 Å². The van der Waals surface area contributed by atoms with Crippen LogP contribution in [0, 0.1) is 11.8 Å². The van der Waals surface area contributed by atoms with Crippen molar-refractivity contribution in [2.45, 2.75) is 52.1 Å². The zero-order valence-electron chi connectivity index (χ0n) is 7.71. The van der Waals surface area contributed by atoms with Crippen LogP contribution in [0.3, 0.4) is 0 Å². The molecule has 66 valence electrons. The fourth-order valence-corrected chi connectivity index (χ4v) is 1.87. The summed E-state index contributed by atoms with van der Waals surface area (Å²) in [5.41, 5.74) is 0. The largest absolute Gasteiger partial charge is 0.393 e. The SMILES string of the molecule is CCCC(C)C(O)C1CCC1.